The molecule has 1 unspecified atom stereocenters. The molecule has 1 fully saturated rings. The first kappa shape index (κ1) is 16.9. The Labute approximate surface area is 137 Å². The number of anilines is 2. The summed E-state index contributed by atoms with van der Waals surface area (Å²) in [6.07, 6.45) is 1.98. The van der Waals surface area contributed by atoms with Crippen LogP contribution in [-0.4, -0.2) is 39.4 Å². The van der Waals surface area contributed by atoms with Crippen LogP contribution < -0.4 is 15.5 Å². The van der Waals surface area contributed by atoms with Crippen molar-refractivity contribution >= 4 is 29.0 Å². The molecular formula is C16H24ClN3O2. The lowest BCUT2D eigenvalue weighted by molar-refractivity contribution is 0.0573. The molecule has 122 valence electrons. The quantitative estimate of drug-likeness (QED) is 0.892. The number of amides is 2. The third-order valence-electron chi connectivity index (χ3n) is 4.01. The number of halogens is 1. The van der Waals surface area contributed by atoms with Gasteiger partial charge in [0.2, 0.25) is 0 Å². The van der Waals surface area contributed by atoms with Crippen LogP contribution in [0.3, 0.4) is 0 Å². The van der Waals surface area contributed by atoms with E-state index in [1.54, 1.807) is 0 Å². The van der Waals surface area contributed by atoms with Gasteiger partial charge in [-0.1, -0.05) is 17.7 Å². The average Bonchev–Trinajstić information content (AvgIpc) is 2.47. The summed E-state index contributed by atoms with van der Waals surface area (Å²) >= 11 is 6.21. The summed E-state index contributed by atoms with van der Waals surface area (Å²) in [7, 11) is 3.80. The third-order valence-corrected chi connectivity index (χ3v) is 4.32. The van der Waals surface area contributed by atoms with Crippen molar-refractivity contribution in [2.45, 2.75) is 25.8 Å². The number of carbonyl (C=O) groups excluding carboxylic acids is 1. The molecule has 6 heteroatoms. The average molecular weight is 326 g/mol. The van der Waals surface area contributed by atoms with Crippen LogP contribution in [0, 0.1) is 5.92 Å². The zero-order chi connectivity index (χ0) is 16.1. The van der Waals surface area contributed by atoms with E-state index in [4.69, 9.17) is 16.3 Å². The monoisotopic (exact) mass is 325 g/mol. The summed E-state index contributed by atoms with van der Waals surface area (Å²) in [5, 5.41) is 6.52. The van der Waals surface area contributed by atoms with Gasteiger partial charge in [0, 0.05) is 33.4 Å². The van der Waals surface area contributed by atoms with Crippen LogP contribution in [0.4, 0.5) is 16.2 Å². The molecule has 0 radical (unpaired) electrons. The van der Waals surface area contributed by atoms with Crippen LogP contribution >= 0.6 is 11.6 Å². The van der Waals surface area contributed by atoms with Crippen molar-refractivity contribution in [1.82, 2.24) is 5.32 Å². The van der Waals surface area contributed by atoms with Crippen molar-refractivity contribution in [2.75, 3.05) is 37.5 Å². The number of nitrogens with zero attached hydrogens (tertiary/aromatic N) is 1. The molecule has 2 rings (SSSR count). The molecule has 22 heavy (non-hydrogen) atoms. The minimum Gasteiger partial charge on any atom is -0.381 e. The molecule has 0 aliphatic carbocycles. The van der Waals surface area contributed by atoms with Gasteiger partial charge >= 0.3 is 6.03 Å². The molecule has 2 amide bonds. The molecule has 1 aromatic carbocycles. The SMILES string of the molecule is CC(NC(=O)Nc1cccc(Cl)c1N(C)C)C1CCOCC1. The summed E-state index contributed by atoms with van der Waals surface area (Å²) in [5.41, 5.74) is 1.51. The van der Waals surface area contributed by atoms with Crippen molar-refractivity contribution < 1.29 is 9.53 Å². The number of para-hydroxylation sites is 1. The Bertz CT molecular complexity index is 516. The minimum atomic E-state index is -0.204. The second-order valence-corrected chi connectivity index (χ2v) is 6.27. The number of rotatable bonds is 4. The highest BCUT2D eigenvalue weighted by atomic mass is 35.5. The summed E-state index contributed by atoms with van der Waals surface area (Å²) in [6, 6.07) is 5.40. The molecule has 1 aromatic rings. The van der Waals surface area contributed by atoms with Gasteiger partial charge in [0.25, 0.3) is 0 Å². The molecule has 0 aromatic heterocycles. The largest absolute Gasteiger partial charge is 0.381 e. The van der Waals surface area contributed by atoms with Gasteiger partial charge in [0.1, 0.15) is 0 Å². The maximum Gasteiger partial charge on any atom is 0.319 e. The topological polar surface area (TPSA) is 53.6 Å². The summed E-state index contributed by atoms with van der Waals surface area (Å²) < 4.78 is 5.36. The number of benzene rings is 1. The number of carbonyl (C=O) groups is 1. The molecule has 1 heterocycles. The molecule has 1 saturated heterocycles. The van der Waals surface area contributed by atoms with Gasteiger partial charge in [-0.05, 0) is 37.8 Å². The van der Waals surface area contributed by atoms with E-state index in [0.29, 0.717) is 16.6 Å². The molecule has 2 N–H and O–H groups in total. The van der Waals surface area contributed by atoms with Gasteiger partial charge in [0.05, 0.1) is 16.4 Å². The van der Waals surface area contributed by atoms with E-state index in [2.05, 4.69) is 10.6 Å². The van der Waals surface area contributed by atoms with E-state index in [9.17, 15) is 4.79 Å². The third kappa shape index (κ3) is 4.27. The number of nitrogens with one attached hydrogen (secondary N) is 2. The van der Waals surface area contributed by atoms with Crippen LogP contribution in [0.25, 0.3) is 0 Å². The first-order valence-corrected chi connectivity index (χ1v) is 7.98. The van der Waals surface area contributed by atoms with E-state index in [1.807, 2.05) is 44.1 Å². The van der Waals surface area contributed by atoms with Gasteiger partial charge in [0.15, 0.2) is 0 Å². The molecule has 5 nitrogen and oxygen atoms in total. The molecule has 1 aliphatic heterocycles. The highest BCUT2D eigenvalue weighted by Crippen LogP contribution is 2.32. The fourth-order valence-corrected chi connectivity index (χ4v) is 3.11. The smallest absolute Gasteiger partial charge is 0.319 e. The Morgan fingerprint density at radius 2 is 2.05 bits per heavy atom. The van der Waals surface area contributed by atoms with Crippen molar-refractivity contribution in [3.63, 3.8) is 0 Å². The fraction of sp³-hybridized carbons (Fsp3) is 0.562. The first-order valence-electron chi connectivity index (χ1n) is 7.60. The zero-order valence-electron chi connectivity index (χ0n) is 13.4. The second kappa shape index (κ2) is 7.70. The maximum atomic E-state index is 12.2. The van der Waals surface area contributed by atoms with Crippen LogP contribution in [0.2, 0.25) is 5.02 Å². The Hall–Kier alpha value is -1.46. The molecule has 0 saturated carbocycles. The lowest BCUT2D eigenvalue weighted by atomic mass is 9.93. The number of hydrogen-bond donors (Lipinski definition) is 2. The van der Waals surface area contributed by atoms with Gasteiger partial charge in [-0.25, -0.2) is 4.79 Å². The maximum absolute atomic E-state index is 12.2. The summed E-state index contributed by atoms with van der Waals surface area (Å²) in [6.45, 7) is 3.59. The van der Waals surface area contributed by atoms with Crippen LogP contribution in [0.5, 0.6) is 0 Å². The lowest BCUT2D eigenvalue weighted by Gasteiger charge is -2.28. The number of urea groups is 1. The standard InChI is InChI=1S/C16H24ClN3O2/c1-11(12-7-9-22-10-8-12)18-16(21)19-14-6-4-5-13(17)15(14)20(2)3/h4-6,11-12H,7-10H2,1-3H3,(H2,18,19,21). The van der Waals surface area contributed by atoms with Gasteiger partial charge < -0.3 is 20.3 Å². The molecule has 1 aliphatic rings. The fourth-order valence-electron chi connectivity index (χ4n) is 2.77. The number of ether oxygens (including phenoxy) is 1. The highest BCUT2D eigenvalue weighted by molar-refractivity contribution is 6.34. The Balaban J connectivity index is 1.98. The molecular weight excluding hydrogens is 302 g/mol. The van der Waals surface area contributed by atoms with Crippen molar-refractivity contribution in [3.05, 3.63) is 23.2 Å². The van der Waals surface area contributed by atoms with Gasteiger partial charge in [-0.2, -0.15) is 0 Å². The van der Waals surface area contributed by atoms with Crippen molar-refractivity contribution in [2.24, 2.45) is 5.92 Å². The Morgan fingerprint density at radius 1 is 1.36 bits per heavy atom. The zero-order valence-corrected chi connectivity index (χ0v) is 14.1. The summed E-state index contributed by atoms with van der Waals surface area (Å²) in [4.78, 5) is 14.1. The van der Waals surface area contributed by atoms with E-state index < -0.39 is 0 Å². The second-order valence-electron chi connectivity index (χ2n) is 5.87. The predicted octanol–water partition coefficient (Wildman–Crippen LogP) is 3.34. The molecule has 1 atom stereocenters. The first-order chi connectivity index (χ1) is 10.5. The molecule has 0 spiro atoms. The van der Waals surface area contributed by atoms with E-state index in [1.165, 1.54) is 0 Å². The van der Waals surface area contributed by atoms with Crippen molar-refractivity contribution in [3.8, 4) is 0 Å². The Kier molecular flexibility index (Phi) is 5.91. The minimum absolute atomic E-state index is 0.117. The van der Waals surface area contributed by atoms with Crippen molar-refractivity contribution in [1.29, 1.82) is 0 Å². The predicted molar refractivity (Wildman–Crippen MR) is 90.9 cm³/mol. The molecule has 0 bridgehead atoms. The van der Waals surface area contributed by atoms with Crippen LogP contribution in [0.1, 0.15) is 19.8 Å². The van der Waals surface area contributed by atoms with E-state index in [0.717, 1.165) is 31.7 Å². The Morgan fingerprint density at radius 3 is 2.68 bits per heavy atom. The highest BCUT2D eigenvalue weighted by Gasteiger charge is 2.22. The van der Waals surface area contributed by atoms with E-state index in [-0.39, 0.29) is 12.1 Å². The summed E-state index contributed by atoms with van der Waals surface area (Å²) in [5.74, 6) is 0.465. The van der Waals surface area contributed by atoms with Crippen LogP contribution in [0.15, 0.2) is 18.2 Å². The normalized spacial score (nSPS) is 16.9. The number of hydrogen-bond acceptors (Lipinski definition) is 3. The van der Waals surface area contributed by atoms with Gasteiger partial charge in [-0.15, -0.1) is 0 Å². The van der Waals surface area contributed by atoms with E-state index >= 15 is 0 Å². The van der Waals surface area contributed by atoms with Gasteiger partial charge in [-0.3, -0.25) is 0 Å². The lowest BCUT2D eigenvalue weighted by Crippen LogP contribution is -2.42. The van der Waals surface area contributed by atoms with Crippen LogP contribution in [-0.2, 0) is 4.74 Å².